The number of aliphatic hydroxyl groups is 1. The van der Waals surface area contributed by atoms with Crippen LogP contribution in [0.15, 0.2) is 18.3 Å². The standard InChI is InChI=1S/C11H18N4O2/c1-2-8(7-16)14-9-3-4-10(13-6-9)15-11(17)5-12/h3-4,6,8,14,16H,2,5,7,12H2,1H3,(H,13,15,17). The molecule has 1 heterocycles. The van der Waals surface area contributed by atoms with Crippen molar-refractivity contribution >= 4 is 17.4 Å². The van der Waals surface area contributed by atoms with E-state index in [9.17, 15) is 4.79 Å². The molecule has 0 aliphatic heterocycles. The highest BCUT2D eigenvalue weighted by Gasteiger charge is 2.05. The molecule has 0 aliphatic carbocycles. The smallest absolute Gasteiger partial charge is 0.239 e. The van der Waals surface area contributed by atoms with Crippen LogP contribution in [0.25, 0.3) is 0 Å². The molecule has 1 aromatic heterocycles. The van der Waals surface area contributed by atoms with Crippen LogP contribution >= 0.6 is 0 Å². The lowest BCUT2D eigenvalue weighted by Crippen LogP contribution is -2.23. The van der Waals surface area contributed by atoms with E-state index in [4.69, 9.17) is 10.8 Å². The minimum absolute atomic E-state index is 0.0151. The van der Waals surface area contributed by atoms with Crippen LogP contribution in [-0.4, -0.2) is 35.2 Å². The number of carbonyl (C=O) groups is 1. The van der Waals surface area contributed by atoms with Crippen LogP contribution in [0.4, 0.5) is 11.5 Å². The van der Waals surface area contributed by atoms with Crippen LogP contribution < -0.4 is 16.4 Å². The highest BCUT2D eigenvalue weighted by atomic mass is 16.3. The van der Waals surface area contributed by atoms with Gasteiger partial charge in [0.1, 0.15) is 5.82 Å². The fraction of sp³-hybridized carbons (Fsp3) is 0.455. The Bertz CT molecular complexity index is 349. The average molecular weight is 238 g/mol. The fourth-order valence-electron chi connectivity index (χ4n) is 1.26. The van der Waals surface area contributed by atoms with Crippen LogP contribution in [0.2, 0.25) is 0 Å². The number of carbonyl (C=O) groups excluding carboxylic acids is 1. The van der Waals surface area contributed by atoms with Crippen molar-refractivity contribution in [1.82, 2.24) is 4.98 Å². The number of nitrogens with zero attached hydrogens (tertiary/aromatic N) is 1. The molecule has 0 spiro atoms. The molecule has 17 heavy (non-hydrogen) atoms. The lowest BCUT2D eigenvalue weighted by molar-refractivity contribution is -0.114. The van der Waals surface area contributed by atoms with E-state index in [0.29, 0.717) is 5.82 Å². The third-order valence-electron chi connectivity index (χ3n) is 2.30. The van der Waals surface area contributed by atoms with Crippen molar-refractivity contribution in [2.45, 2.75) is 19.4 Å². The molecule has 0 saturated carbocycles. The number of anilines is 2. The van der Waals surface area contributed by atoms with Gasteiger partial charge in [0.2, 0.25) is 5.91 Å². The summed E-state index contributed by atoms with van der Waals surface area (Å²) in [6, 6.07) is 3.48. The molecule has 1 aromatic rings. The number of amides is 1. The molecule has 5 N–H and O–H groups in total. The Hall–Kier alpha value is -1.66. The van der Waals surface area contributed by atoms with Crippen molar-refractivity contribution in [2.24, 2.45) is 5.73 Å². The molecule has 1 atom stereocenters. The predicted molar refractivity (Wildman–Crippen MR) is 66.7 cm³/mol. The molecule has 1 rings (SSSR count). The van der Waals surface area contributed by atoms with Crippen molar-refractivity contribution in [2.75, 3.05) is 23.8 Å². The van der Waals surface area contributed by atoms with Crippen molar-refractivity contribution in [3.63, 3.8) is 0 Å². The molecule has 0 bridgehead atoms. The van der Waals surface area contributed by atoms with Gasteiger partial charge in [-0.2, -0.15) is 0 Å². The lowest BCUT2D eigenvalue weighted by atomic mass is 10.2. The van der Waals surface area contributed by atoms with E-state index in [2.05, 4.69) is 15.6 Å². The van der Waals surface area contributed by atoms with E-state index in [1.807, 2.05) is 6.92 Å². The van der Waals surface area contributed by atoms with Gasteiger partial charge < -0.3 is 21.5 Å². The predicted octanol–water partition coefficient (Wildman–Crippen LogP) is 0.162. The van der Waals surface area contributed by atoms with Crippen LogP contribution in [-0.2, 0) is 4.79 Å². The van der Waals surface area contributed by atoms with Gasteiger partial charge in [-0.15, -0.1) is 0 Å². The summed E-state index contributed by atoms with van der Waals surface area (Å²) >= 11 is 0. The van der Waals surface area contributed by atoms with Crippen LogP contribution in [0.5, 0.6) is 0 Å². The molecule has 0 saturated heterocycles. The maximum atomic E-state index is 11.0. The Balaban J connectivity index is 2.58. The molecular formula is C11H18N4O2. The van der Waals surface area contributed by atoms with Crippen LogP contribution in [0.3, 0.4) is 0 Å². The molecule has 1 unspecified atom stereocenters. The van der Waals surface area contributed by atoms with Gasteiger partial charge in [-0.3, -0.25) is 4.79 Å². The molecule has 6 heteroatoms. The molecular weight excluding hydrogens is 220 g/mol. The van der Waals surface area contributed by atoms with E-state index in [1.54, 1.807) is 18.3 Å². The second-order valence-electron chi connectivity index (χ2n) is 3.62. The van der Waals surface area contributed by atoms with E-state index >= 15 is 0 Å². The van der Waals surface area contributed by atoms with Gasteiger partial charge in [0.15, 0.2) is 0 Å². The molecule has 6 nitrogen and oxygen atoms in total. The van der Waals surface area contributed by atoms with Gasteiger partial charge in [-0.1, -0.05) is 6.92 Å². The molecule has 0 fully saturated rings. The first-order valence-electron chi connectivity index (χ1n) is 5.53. The number of aliphatic hydroxyl groups excluding tert-OH is 1. The lowest BCUT2D eigenvalue weighted by Gasteiger charge is -2.15. The summed E-state index contributed by atoms with van der Waals surface area (Å²) < 4.78 is 0. The minimum atomic E-state index is -0.278. The van der Waals surface area contributed by atoms with Gasteiger partial charge in [0, 0.05) is 6.04 Å². The summed E-state index contributed by atoms with van der Waals surface area (Å²) in [5.74, 6) is 0.183. The summed E-state index contributed by atoms with van der Waals surface area (Å²) in [5.41, 5.74) is 5.97. The molecule has 0 aromatic carbocycles. The maximum absolute atomic E-state index is 11.0. The first-order chi connectivity index (χ1) is 8.19. The second-order valence-corrected chi connectivity index (χ2v) is 3.62. The van der Waals surface area contributed by atoms with Gasteiger partial charge in [0.05, 0.1) is 25.0 Å². The highest BCUT2D eigenvalue weighted by Crippen LogP contribution is 2.11. The Morgan fingerprint density at radius 1 is 1.59 bits per heavy atom. The summed E-state index contributed by atoms with van der Waals surface area (Å²) in [6.45, 7) is 1.99. The summed E-state index contributed by atoms with van der Waals surface area (Å²) in [4.78, 5) is 15.1. The Kier molecular flexibility index (Phi) is 5.38. The van der Waals surface area contributed by atoms with E-state index in [0.717, 1.165) is 12.1 Å². The monoisotopic (exact) mass is 238 g/mol. The molecule has 0 radical (unpaired) electrons. The summed E-state index contributed by atoms with van der Waals surface area (Å²) in [6.07, 6.45) is 2.42. The second kappa shape index (κ2) is 6.82. The zero-order valence-electron chi connectivity index (χ0n) is 9.81. The van der Waals surface area contributed by atoms with Gasteiger partial charge >= 0.3 is 0 Å². The van der Waals surface area contributed by atoms with Crippen LogP contribution in [0.1, 0.15) is 13.3 Å². The molecule has 94 valence electrons. The first kappa shape index (κ1) is 13.4. The topological polar surface area (TPSA) is 100 Å². The SMILES string of the molecule is CCC(CO)Nc1ccc(NC(=O)CN)nc1. The zero-order valence-corrected chi connectivity index (χ0v) is 9.81. The van der Waals surface area contributed by atoms with Crippen molar-refractivity contribution in [3.8, 4) is 0 Å². The Labute approximate surface area is 100 Å². The maximum Gasteiger partial charge on any atom is 0.239 e. The number of aromatic nitrogens is 1. The first-order valence-corrected chi connectivity index (χ1v) is 5.53. The Morgan fingerprint density at radius 2 is 2.35 bits per heavy atom. The van der Waals surface area contributed by atoms with Crippen molar-refractivity contribution in [1.29, 1.82) is 0 Å². The highest BCUT2D eigenvalue weighted by molar-refractivity contribution is 5.91. The number of hydrogen-bond acceptors (Lipinski definition) is 5. The molecule has 1 amide bonds. The normalized spacial score (nSPS) is 11.9. The van der Waals surface area contributed by atoms with Crippen LogP contribution in [0, 0.1) is 0 Å². The third-order valence-corrected chi connectivity index (χ3v) is 2.30. The molecule has 0 aliphatic rings. The number of nitrogens with one attached hydrogen (secondary N) is 2. The van der Waals surface area contributed by atoms with E-state index < -0.39 is 0 Å². The minimum Gasteiger partial charge on any atom is -0.394 e. The number of nitrogens with two attached hydrogens (primary N) is 1. The average Bonchev–Trinajstić information content (AvgIpc) is 2.37. The quantitative estimate of drug-likeness (QED) is 0.565. The summed E-state index contributed by atoms with van der Waals surface area (Å²) in [7, 11) is 0. The number of rotatable bonds is 6. The largest absolute Gasteiger partial charge is 0.394 e. The van der Waals surface area contributed by atoms with Gasteiger partial charge in [0.25, 0.3) is 0 Å². The zero-order chi connectivity index (χ0) is 12.7. The summed E-state index contributed by atoms with van der Waals surface area (Å²) in [5, 5.41) is 14.7. The van der Waals surface area contributed by atoms with Crippen molar-refractivity contribution in [3.05, 3.63) is 18.3 Å². The van der Waals surface area contributed by atoms with Gasteiger partial charge in [-0.25, -0.2) is 4.98 Å². The third kappa shape index (κ3) is 4.38. The van der Waals surface area contributed by atoms with Crippen molar-refractivity contribution < 1.29 is 9.90 Å². The van der Waals surface area contributed by atoms with Gasteiger partial charge in [-0.05, 0) is 18.6 Å². The number of hydrogen-bond donors (Lipinski definition) is 4. The fourth-order valence-corrected chi connectivity index (χ4v) is 1.26. The Morgan fingerprint density at radius 3 is 2.82 bits per heavy atom. The number of pyridine rings is 1. The van der Waals surface area contributed by atoms with E-state index in [-0.39, 0.29) is 25.1 Å². The van der Waals surface area contributed by atoms with E-state index in [1.165, 1.54) is 0 Å².